The summed E-state index contributed by atoms with van der Waals surface area (Å²) in [5.74, 6) is -0.116. The lowest BCUT2D eigenvalue weighted by Crippen LogP contribution is -2.62. The van der Waals surface area contributed by atoms with Gasteiger partial charge in [-0.3, -0.25) is 19.9 Å². The molecule has 3 amide bonds. The number of hydrogen-bond donors (Lipinski definition) is 1. The molecule has 5 rings (SSSR count). The highest BCUT2D eigenvalue weighted by Gasteiger charge is 2.52. The summed E-state index contributed by atoms with van der Waals surface area (Å²) in [6, 6.07) is 12.7. The van der Waals surface area contributed by atoms with E-state index in [1.54, 1.807) is 16.0 Å². The zero-order chi connectivity index (χ0) is 21.9. The molecular formula is C21H16F3N5O2. The number of likely N-dealkylation sites (N-methyl/N-ethyl adjacent to an activating group) is 1. The summed E-state index contributed by atoms with van der Waals surface area (Å²) >= 11 is 0. The summed E-state index contributed by atoms with van der Waals surface area (Å²) in [5.41, 5.74) is 1.16. The minimum Gasteiger partial charge on any atom is -0.303 e. The van der Waals surface area contributed by atoms with E-state index in [1.807, 2.05) is 30.3 Å². The van der Waals surface area contributed by atoms with Gasteiger partial charge in [-0.05, 0) is 24.3 Å². The number of alkyl halides is 3. The maximum atomic E-state index is 13.0. The molecule has 7 nitrogen and oxygen atoms in total. The number of aliphatic imine (C=N–C) groups is 1. The van der Waals surface area contributed by atoms with Gasteiger partial charge in [-0.1, -0.05) is 30.3 Å². The van der Waals surface area contributed by atoms with Crippen LogP contribution in [0.25, 0.3) is 5.70 Å². The molecule has 31 heavy (non-hydrogen) atoms. The number of hydrogen-bond acceptors (Lipinski definition) is 5. The molecule has 1 saturated heterocycles. The topological polar surface area (TPSA) is 68.2 Å². The maximum Gasteiger partial charge on any atom is 0.416 e. The summed E-state index contributed by atoms with van der Waals surface area (Å²) in [6.07, 6.45) is -3.45. The van der Waals surface area contributed by atoms with Crippen LogP contribution in [0.3, 0.4) is 0 Å². The Morgan fingerprint density at radius 1 is 1.00 bits per heavy atom. The van der Waals surface area contributed by atoms with E-state index in [0.29, 0.717) is 17.3 Å². The number of carbonyl (C=O) groups excluding carboxylic acids is 2. The third-order valence-electron chi connectivity index (χ3n) is 5.50. The van der Waals surface area contributed by atoms with Crippen molar-refractivity contribution in [2.24, 2.45) is 4.99 Å². The van der Waals surface area contributed by atoms with Gasteiger partial charge in [0.2, 0.25) is 5.96 Å². The Kier molecular flexibility index (Phi) is 4.07. The van der Waals surface area contributed by atoms with E-state index in [4.69, 9.17) is 0 Å². The summed E-state index contributed by atoms with van der Waals surface area (Å²) in [5, 5.41) is 2.31. The average Bonchev–Trinajstić information content (AvgIpc) is 3.29. The van der Waals surface area contributed by atoms with Gasteiger partial charge < -0.3 is 4.90 Å². The predicted octanol–water partition coefficient (Wildman–Crippen LogP) is 3.07. The number of amides is 3. The highest BCUT2D eigenvalue weighted by molar-refractivity contribution is 6.16. The number of benzene rings is 2. The lowest BCUT2D eigenvalue weighted by molar-refractivity contribution is -0.137. The quantitative estimate of drug-likeness (QED) is 0.800. The molecule has 1 fully saturated rings. The number of nitrogens with one attached hydrogen (secondary N) is 1. The fourth-order valence-electron chi connectivity index (χ4n) is 3.95. The first-order valence-electron chi connectivity index (χ1n) is 9.44. The number of rotatable bonds is 2. The lowest BCUT2D eigenvalue weighted by Gasteiger charge is -2.34. The number of nitrogens with zero attached hydrogens (tertiary/aromatic N) is 4. The van der Waals surface area contributed by atoms with Gasteiger partial charge in [0.1, 0.15) is 0 Å². The first kappa shape index (κ1) is 19.2. The minimum atomic E-state index is -4.45. The number of imide groups is 1. The SMILES string of the molecule is CN1C(=O)NC(=O)C2C1N=C1N(c3ccc(C(F)(F)F)cc3)C(c3ccccc3)=CN12. The van der Waals surface area contributed by atoms with Crippen molar-refractivity contribution in [1.82, 2.24) is 15.1 Å². The van der Waals surface area contributed by atoms with Crippen molar-refractivity contribution in [3.8, 4) is 0 Å². The Morgan fingerprint density at radius 3 is 2.32 bits per heavy atom. The summed E-state index contributed by atoms with van der Waals surface area (Å²) < 4.78 is 39.1. The molecular weight excluding hydrogens is 411 g/mol. The molecule has 3 aliphatic heterocycles. The second-order valence-electron chi connectivity index (χ2n) is 7.36. The second kappa shape index (κ2) is 6.59. The molecule has 2 atom stereocenters. The maximum absolute atomic E-state index is 13.0. The van der Waals surface area contributed by atoms with Crippen molar-refractivity contribution in [1.29, 1.82) is 0 Å². The summed E-state index contributed by atoms with van der Waals surface area (Å²) in [6.45, 7) is 0. The molecule has 1 N–H and O–H groups in total. The lowest BCUT2D eigenvalue weighted by atomic mass is 10.1. The number of guanidine groups is 1. The molecule has 3 heterocycles. The van der Waals surface area contributed by atoms with Crippen LogP contribution in [0.4, 0.5) is 23.7 Å². The van der Waals surface area contributed by atoms with Crippen molar-refractivity contribution in [3.63, 3.8) is 0 Å². The number of urea groups is 1. The molecule has 158 valence electrons. The van der Waals surface area contributed by atoms with Gasteiger partial charge in [0, 0.05) is 24.5 Å². The van der Waals surface area contributed by atoms with Crippen LogP contribution in [0, 0.1) is 0 Å². The highest BCUT2D eigenvalue weighted by Crippen LogP contribution is 2.40. The van der Waals surface area contributed by atoms with Gasteiger partial charge in [-0.25, -0.2) is 9.79 Å². The fourth-order valence-corrected chi connectivity index (χ4v) is 3.95. The standard InChI is InChI=1S/C21H16F3N5O2/c1-27-17-16(18(30)26-20(27)31)28-11-15(12-5-3-2-4-6-12)29(19(28)25-17)14-9-7-13(8-10-14)21(22,23)24/h2-11,16-17H,1H3,(H,26,30,31). The van der Waals surface area contributed by atoms with E-state index in [0.717, 1.165) is 17.7 Å². The molecule has 0 radical (unpaired) electrons. The minimum absolute atomic E-state index is 0.366. The fraction of sp³-hybridized carbons (Fsp3) is 0.190. The Labute approximate surface area is 175 Å². The highest BCUT2D eigenvalue weighted by atomic mass is 19.4. The zero-order valence-electron chi connectivity index (χ0n) is 16.2. The van der Waals surface area contributed by atoms with Gasteiger partial charge in [0.05, 0.1) is 11.3 Å². The molecule has 0 bridgehead atoms. The number of halogens is 3. The van der Waals surface area contributed by atoms with Crippen LogP contribution >= 0.6 is 0 Å². The summed E-state index contributed by atoms with van der Waals surface area (Å²) in [7, 11) is 1.54. The molecule has 0 aliphatic carbocycles. The normalized spacial score (nSPS) is 22.8. The zero-order valence-corrected chi connectivity index (χ0v) is 16.2. The third kappa shape index (κ3) is 2.94. The number of fused-ring (bicyclic) bond motifs is 3. The first-order chi connectivity index (χ1) is 14.8. The van der Waals surface area contributed by atoms with Crippen LogP contribution in [0.1, 0.15) is 11.1 Å². The Balaban J connectivity index is 1.61. The van der Waals surface area contributed by atoms with Crippen molar-refractivity contribution in [3.05, 3.63) is 71.9 Å². The van der Waals surface area contributed by atoms with Crippen LogP contribution in [0.15, 0.2) is 65.8 Å². The number of anilines is 1. The van der Waals surface area contributed by atoms with Crippen molar-refractivity contribution in [2.45, 2.75) is 18.4 Å². The van der Waals surface area contributed by atoms with Crippen molar-refractivity contribution < 1.29 is 22.8 Å². The molecule has 10 heteroatoms. The van der Waals surface area contributed by atoms with Crippen LogP contribution in [0.2, 0.25) is 0 Å². The van der Waals surface area contributed by atoms with Crippen molar-refractivity contribution >= 4 is 29.3 Å². The van der Waals surface area contributed by atoms with E-state index >= 15 is 0 Å². The van der Waals surface area contributed by atoms with E-state index in [2.05, 4.69) is 10.3 Å². The molecule has 0 spiro atoms. The monoisotopic (exact) mass is 427 g/mol. The summed E-state index contributed by atoms with van der Waals surface area (Å²) in [4.78, 5) is 33.9. The van der Waals surface area contributed by atoms with Crippen LogP contribution in [-0.4, -0.2) is 47.0 Å². The Hall–Kier alpha value is -3.82. The van der Waals surface area contributed by atoms with Crippen LogP contribution < -0.4 is 10.2 Å². The van der Waals surface area contributed by atoms with E-state index in [9.17, 15) is 22.8 Å². The third-order valence-corrected chi connectivity index (χ3v) is 5.50. The van der Waals surface area contributed by atoms with Crippen molar-refractivity contribution in [2.75, 3.05) is 11.9 Å². The Bertz CT molecular complexity index is 1130. The van der Waals surface area contributed by atoms with Gasteiger partial charge in [0.15, 0.2) is 12.2 Å². The average molecular weight is 427 g/mol. The van der Waals surface area contributed by atoms with Crippen LogP contribution in [-0.2, 0) is 11.0 Å². The van der Waals surface area contributed by atoms with E-state index < -0.39 is 35.9 Å². The largest absolute Gasteiger partial charge is 0.416 e. The molecule has 2 aromatic carbocycles. The number of carbonyl (C=O) groups is 2. The molecule has 2 unspecified atom stereocenters. The molecule has 0 aromatic heterocycles. The van der Waals surface area contributed by atoms with Gasteiger partial charge in [-0.2, -0.15) is 13.2 Å². The predicted molar refractivity (Wildman–Crippen MR) is 106 cm³/mol. The van der Waals surface area contributed by atoms with E-state index in [1.165, 1.54) is 24.1 Å². The van der Waals surface area contributed by atoms with Gasteiger partial charge >= 0.3 is 12.2 Å². The second-order valence-corrected chi connectivity index (χ2v) is 7.36. The van der Waals surface area contributed by atoms with E-state index in [-0.39, 0.29) is 0 Å². The molecule has 2 aromatic rings. The smallest absolute Gasteiger partial charge is 0.303 e. The molecule has 3 aliphatic rings. The first-order valence-corrected chi connectivity index (χ1v) is 9.44. The molecule has 0 saturated carbocycles. The van der Waals surface area contributed by atoms with Crippen LogP contribution in [0.5, 0.6) is 0 Å². The van der Waals surface area contributed by atoms with Gasteiger partial charge in [-0.15, -0.1) is 0 Å². The Morgan fingerprint density at radius 2 is 1.68 bits per heavy atom. The van der Waals surface area contributed by atoms with Gasteiger partial charge in [0.25, 0.3) is 5.91 Å².